The Morgan fingerprint density at radius 1 is 1.56 bits per heavy atom. The Morgan fingerprint density at radius 3 is 2.89 bits per heavy atom. The van der Waals surface area contributed by atoms with Crippen LogP contribution in [-0.2, 0) is 14.3 Å². The first-order valence-corrected chi connectivity index (χ1v) is 7.65. The Bertz CT molecular complexity index is 279. The van der Waals surface area contributed by atoms with E-state index in [9.17, 15) is 9.59 Å². The number of carbonyl (C=O) groups excluding carboxylic acids is 1. The molecule has 104 valence electrons. The Morgan fingerprint density at radius 2 is 2.33 bits per heavy atom. The molecule has 2 unspecified atom stereocenters. The van der Waals surface area contributed by atoms with Crippen molar-refractivity contribution in [2.45, 2.75) is 44.2 Å². The fourth-order valence-electron chi connectivity index (χ4n) is 1.92. The highest BCUT2D eigenvalue weighted by atomic mass is 32.2. The van der Waals surface area contributed by atoms with Crippen LogP contribution in [0.1, 0.15) is 32.1 Å². The van der Waals surface area contributed by atoms with Crippen LogP contribution in [0.25, 0.3) is 0 Å². The van der Waals surface area contributed by atoms with Gasteiger partial charge in [-0.2, -0.15) is 11.8 Å². The minimum absolute atomic E-state index is 0.172. The summed E-state index contributed by atoms with van der Waals surface area (Å²) in [4.78, 5) is 22.6. The first kappa shape index (κ1) is 15.3. The highest BCUT2D eigenvalue weighted by Crippen LogP contribution is 2.16. The molecule has 1 fully saturated rings. The van der Waals surface area contributed by atoms with Crippen LogP contribution in [0.3, 0.4) is 0 Å². The van der Waals surface area contributed by atoms with Gasteiger partial charge >= 0.3 is 5.97 Å². The second-order valence-corrected chi connectivity index (χ2v) is 5.40. The lowest BCUT2D eigenvalue weighted by Gasteiger charge is -2.15. The molecule has 1 saturated heterocycles. The van der Waals surface area contributed by atoms with Gasteiger partial charge in [-0.15, -0.1) is 0 Å². The first-order valence-electron chi connectivity index (χ1n) is 6.26. The van der Waals surface area contributed by atoms with E-state index in [-0.39, 0.29) is 12.0 Å². The van der Waals surface area contributed by atoms with Crippen LogP contribution in [-0.4, -0.2) is 47.7 Å². The van der Waals surface area contributed by atoms with Gasteiger partial charge in [0.1, 0.15) is 6.04 Å². The maximum atomic E-state index is 11.6. The molecule has 6 heteroatoms. The third-order valence-electron chi connectivity index (χ3n) is 2.96. The third-order valence-corrected chi connectivity index (χ3v) is 3.61. The van der Waals surface area contributed by atoms with E-state index in [1.165, 1.54) is 0 Å². The average Bonchev–Trinajstić information content (AvgIpc) is 2.84. The summed E-state index contributed by atoms with van der Waals surface area (Å²) in [6, 6.07) is -0.769. The van der Waals surface area contributed by atoms with E-state index in [2.05, 4.69) is 5.32 Å². The van der Waals surface area contributed by atoms with Crippen LogP contribution >= 0.6 is 11.8 Å². The van der Waals surface area contributed by atoms with Crippen LogP contribution in [0, 0.1) is 0 Å². The largest absolute Gasteiger partial charge is 0.480 e. The van der Waals surface area contributed by atoms with Gasteiger partial charge in [0, 0.05) is 13.0 Å². The van der Waals surface area contributed by atoms with E-state index in [0.717, 1.165) is 25.2 Å². The summed E-state index contributed by atoms with van der Waals surface area (Å²) < 4.78 is 5.42. The van der Waals surface area contributed by atoms with Crippen molar-refractivity contribution in [2.24, 2.45) is 0 Å². The van der Waals surface area contributed by atoms with Crippen molar-refractivity contribution < 1.29 is 19.4 Å². The van der Waals surface area contributed by atoms with Gasteiger partial charge in [0.25, 0.3) is 0 Å². The molecule has 18 heavy (non-hydrogen) atoms. The van der Waals surface area contributed by atoms with Crippen molar-refractivity contribution in [3.05, 3.63) is 0 Å². The smallest absolute Gasteiger partial charge is 0.326 e. The number of aliphatic carboxylic acids is 1. The zero-order valence-corrected chi connectivity index (χ0v) is 11.5. The molecule has 1 heterocycles. The van der Waals surface area contributed by atoms with Crippen molar-refractivity contribution in [3.63, 3.8) is 0 Å². The number of thioether (sulfide) groups is 1. The first-order chi connectivity index (χ1) is 8.63. The minimum Gasteiger partial charge on any atom is -0.480 e. The van der Waals surface area contributed by atoms with Gasteiger partial charge in [-0.05, 0) is 37.7 Å². The molecule has 1 aliphatic rings. The van der Waals surface area contributed by atoms with Gasteiger partial charge in [-0.25, -0.2) is 4.79 Å². The van der Waals surface area contributed by atoms with Crippen LogP contribution in [0.4, 0.5) is 0 Å². The molecule has 2 atom stereocenters. The molecule has 0 saturated carbocycles. The van der Waals surface area contributed by atoms with E-state index in [1.54, 1.807) is 11.8 Å². The SMILES string of the molecule is CSCCC(NC(=O)CCC1CCCO1)C(=O)O. The number of nitrogens with one attached hydrogen (secondary N) is 1. The lowest BCUT2D eigenvalue weighted by molar-refractivity contribution is -0.141. The highest BCUT2D eigenvalue weighted by molar-refractivity contribution is 7.98. The van der Waals surface area contributed by atoms with Crippen molar-refractivity contribution in [1.82, 2.24) is 5.32 Å². The molecule has 0 radical (unpaired) electrons. The van der Waals surface area contributed by atoms with Gasteiger partial charge in [0.05, 0.1) is 6.10 Å². The number of amides is 1. The van der Waals surface area contributed by atoms with E-state index >= 15 is 0 Å². The number of carbonyl (C=O) groups is 2. The van der Waals surface area contributed by atoms with Crippen LogP contribution in [0.5, 0.6) is 0 Å². The van der Waals surface area contributed by atoms with E-state index in [1.807, 2.05) is 6.26 Å². The number of hydrogen-bond donors (Lipinski definition) is 2. The lowest BCUT2D eigenvalue weighted by atomic mass is 10.1. The summed E-state index contributed by atoms with van der Waals surface area (Å²) in [6.07, 6.45) is 5.62. The van der Waals surface area contributed by atoms with Crippen molar-refractivity contribution in [2.75, 3.05) is 18.6 Å². The molecular formula is C12H21NO4S. The molecule has 0 aromatic carbocycles. The Balaban J connectivity index is 2.24. The quantitative estimate of drug-likeness (QED) is 0.697. The lowest BCUT2D eigenvalue weighted by Crippen LogP contribution is -2.41. The topological polar surface area (TPSA) is 75.6 Å². The van der Waals surface area contributed by atoms with Crippen molar-refractivity contribution in [3.8, 4) is 0 Å². The van der Waals surface area contributed by atoms with E-state index < -0.39 is 12.0 Å². The van der Waals surface area contributed by atoms with Gasteiger partial charge in [0.15, 0.2) is 0 Å². The summed E-state index contributed by atoms with van der Waals surface area (Å²) in [6.45, 7) is 0.776. The van der Waals surface area contributed by atoms with Crippen molar-refractivity contribution in [1.29, 1.82) is 0 Å². The number of carboxylic acids is 1. The molecule has 0 aliphatic carbocycles. The fourth-order valence-corrected chi connectivity index (χ4v) is 2.40. The standard InChI is InChI=1S/C12H21NO4S/c1-18-8-6-10(12(15)16)13-11(14)5-4-9-3-2-7-17-9/h9-10H,2-8H2,1H3,(H,13,14)(H,15,16). The zero-order chi connectivity index (χ0) is 13.4. The second-order valence-electron chi connectivity index (χ2n) is 4.41. The summed E-state index contributed by atoms with van der Waals surface area (Å²) in [5.41, 5.74) is 0. The van der Waals surface area contributed by atoms with Crippen LogP contribution in [0.15, 0.2) is 0 Å². The Kier molecular flexibility index (Phi) is 7.12. The van der Waals surface area contributed by atoms with Crippen LogP contribution < -0.4 is 5.32 Å². The molecule has 1 rings (SSSR count). The van der Waals surface area contributed by atoms with Crippen LogP contribution in [0.2, 0.25) is 0 Å². The maximum Gasteiger partial charge on any atom is 0.326 e. The highest BCUT2D eigenvalue weighted by Gasteiger charge is 2.21. The molecule has 1 aliphatic heterocycles. The Labute approximate surface area is 112 Å². The molecule has 0 spiro atoms. The van der Waals surface area contributed by atoms with E-state index in [0.29, 0.717) is 19.3 Å². The zero-order valence-electron chi connectivity index (χ0n) is 10.7. The normalized spacial score (nSPS) is 20.6. The van der Waals surface area contributed by atoms with Gasteiger partial charge in [-0.3, -0.25) is 4.79 Å². The number of rotatable bonds is 8. The van der Waals surface area contributed by atoms with Gasteiger partial charge in [0.2, 0.25) is 5.91 Å². The summed E-state index contributed by atoms with van der Waals surface area (Å²) in [5.74, 6) is -0.434. The number of carboxylic acid groups (broad SMARTS) is 1. The predicted molar refractivity (Wildman–Crippen MR) is 70.8 cm³/mol. The predicted octanol–water partition coefficient (Wildman–Crippen LogP) is 1.27. The summed E-state index contributed by atoms with van der Waals surface area (Å²) >= 11 is 1.57. The minimum atomic E-state index is -0.963. The van der Waals surface area contributed by atoms with E-state index in [4.69, 9.17) is 9.84 Å². The molecule has 1 amide bonds. The monoisotopic (exact) mass is 275 g/mol. The molecule has 5 nitrogen and oxygen atoms in total. The second kappa shape index (κ2) is 8.37. The molecule has 0 aromatic heterocycles. The third kappa shape index (κ3) is 5.73. The fraction of sp³-hybridized carbons (Fsp3) is 0.833. The van der Waals surface area contributed by atoms with Crippen molar-refractivity contribution >= 4 is 23.6 Å². The number of hydrogen-bond acceptors (Lipinski definition) is 4. The maximum absolute atomic E-state index is 11.6. The molecule has 0 bridgehead atoms. The Hall–Kier alpha value is -0.750. The van der Waals surface area contributed by atoms with Gasteiger partial charge in [-0.1, -0.05) is 0 Å². The van der Waals surface area contributed by atoms with Gasteiger partial charge < -0.3 is 15.2 Å². The molecule has 0 aromatic rings. The molecular weight excluding hydrogens is 254 g/mol. The number of ether oxygens (including phenoxy) is 1. The summed E-state index contributed by atoms with van der Waals surface area (Å²) in [7, 11) is 0. The average molecular weight is 275 g/mol. The molecule has 2 N–H and O–H groups in total. The summed E-state index contributed by atoms with van der Waals surface area (Å²) in [5, 5.41) is 11.5.